The maximum atomic E-state index is 11.2. The number of nitro groups is 2. The average molecular weight is 515 g/mol. The summed E-state index contributed by atoms with van der Waals surface area (Å²) in [7, 11) is 1.52. The van der Waals surface area contributed by atoms with Crippen molar-refractivity contribution in [1.29, 1.82) is 0 Å². The first-order chi connectivity index (χ1) is 15.8. The van der Waals surface area contributed by atoms with Crippen LogP contribution in [0.1, 0.15) is 16.7 Å². The molecule has 11 heteroatoms. The number of benzene rings is 3. The Bertz CT molecular complexity index is 1230. The number of aryl methyl sites for hydroxylation is 1. The van der Waals surface area contributed by atoms with Crippen LogP contribution in [0.4, 0.5) is 17.1 Å². The van der Waals surface area contributed by atoms with Crippen LogP contribution in [0, 0.1) is 27.2 Å². The molecule has 170 valence electrons. The maximum absolute atomic E-state index is 11.2. The molecule has 0 radical (unpaired) electrons. The fourth-order valence-corrected chi connectivity index (χ4v) is 3.51. The van der Waals surface area contributed by atoms with E-state index in [0.29, 0.717) is 28.1 Å². The second kappa shape index (κ2) is 10.6. The van der Waals surface area contributed by atoms with Crippen LogP contribution in [0.5, 0.6) is 11.5 Å². The minimum absolute atomic E-state index is 0.0195. The van der Waals surface area contributed by atoms with Crippen molar-refractivity contribution >= 4 is 39.2 Å². The Morgan fingerprint density at radius 1 is 1.09 bits per heavy atom. The van der Waals surface area contributed by atoms with Gasteiger partial charge in [-0.3, -0.25) is 25.7 Å². The van der Waals surface area contributed by atoms with E-state index in [9.17, 15) is 20.2 Å². The summed E-state index contributed by atoms with van der Waals surface area (Å²) in [6, 6.07) is 14.6. The molecule has 0 saturated heterocycles. The van der Waals surface area contributed by atoms with Crippen LogP contribution in [-0.2, 0) is 6.61 Å². The van der Waals surface area contributed by atoms with E-state index >= 15 is 0 Å². The Morgan fingerprint density at radius 2 is 1.85 bits per heavy atom. The summed E-state index contributed by atoms with van der Waals surface area (Å²) >= 11 is 3.48. The largest absolute Gasteiger partial charge is 0.493 e. The lowest BCUT2D eigenvalue weighted by Gasteiger charge is -2.14. The van der Waals surface area contributed by atoms with Gasteiger partial charge in [-0.05, 0) is 57.7 Å². The minimum Gasteiger partial charge on any atom is -0.493 e. The van der Waals surface area contributed by atoms with Gasteiger partial charge in [-0.25, -0.2) is 0 Å². The van der Waals surface area contributed by atoms with Crippen LogP contribution >= 0.6 is 15.9 Å². The molecule has 3 rings (SSSR count). The smallest absolute Gasteiger partial charge is 0.301 e. The van der Waals surface area contributed by atoms with Crippen LogP contribution < -0.4 is 14.9 Å². The molecule has 0 saturated carbocycles. The van der Waals surface area contributed by atoms with Crippen molar-refractivity contribution in [1.82, 2.24) is 0 Å². The van der Waals surface area contributed by atoms with Gasteiger partial charge in [-0.15, -0.1) is 0 Å². The number of halogens is 1. The van der Waals surface area contributed by atoms with Crippen molar-refractivity contribution in [3.05, 3.63) is 96.0 Å². The molecule has 0 fully saturated rings. The first-order valence-corrected chi connectivity index (χ1v) is 10.4. The van der Waals surface area contributed by atoms with Gasteiger partial charge in [0.15, 0.2) is 11.5 Å². The van der Waals surface area contributed by atoms with Gasteiger partial charge in [-0.1, -0.05) is 24.3 Å². The Labute approximate surface area is 197 Å². The number of nitrogens with zero attached hydrogens (tertiary/aromatic N) is 3. The molecule has 0 aliphatic heterocycles. The molecule has 0 amide bonds. The van der Waals surface area contributed by atoms with E-state index in [-0.39, 0.29) is 11.4 Å². The van der Waals surface area contributed by atoms with Gasteiger partial charge in [0.25, 0.3) is 5.69 Å². The number of hydrazone groups is 1. The van der Waals surface area contributed by atoms with E-state index in [4.69, 9.17) is 9.47 Å². The molecular weight excluding hydrogens is 496 g/mol. The Kier molecular flexibility index (Phi) is 7.57. The highest BCUT2D eigenvalue weighted by atomic mass is 79.9. The molecule has 33 heavy (non-hydrogen) atoms. The molecule has 0 heterocycles. The molecule has 0 bridgehead atoms. The number of hydrogen-bond donors (Lipinski definition) is 1. The van der Waals surface area contributed by atoms with E-state index in [1.165, 1.54) is 19.4 Å². The first kappa shape index (κ1) is 23.7. The highest BCUT2D eigenvalue weighted by Gasteiger charge is 2.19. The molecule has 0 atom stereocenters. The van der Waals surface area contributed by atoms with Crippen LogP contribution in [0.25, 0.3) is 0 Å². The van der Waals surface area contributed by atoms with Crippen molar-refractivity contribution in [2.24, 2.45) is 5.10 Å². The molecule has 0 aliphatic rings. The first-order valence-electron chi connectivity index (χ1n) is 9.57. The summed E-state index contributed by atoms with van der Waals surface area (Å²) in [6.45, 7) is 2.37. The molecule has 10 nitrogen and oxygen atoms in total. The van der Waals surface area contributed by atoms with E-state index in [2.05, 4.69) is 26.5 Å². The monoisotopic (exact) mass is 514 g/mol. The summed E-state index contributed by atoms with van der Waals surface area (Å²) < 4.78 is 12.0. The molecule has 3 aromatic rings. The van der Waals surface area contributed by atoms with E-state index in [0.717, 1.165) is 23.3 Å². The van der Waals surface area contributed by atoms with Gasteiger partial charge >= 0.3 is 5.69 Å². The fraction of sp³-hybridized carbons (Fsp3) is 0.136. The molecule has 3 aromatic carbocycles. The lowest BCUT2D eigenvalue weighted by atomic mass is 10.1. The molecule has 1 N–H and O–H groups in total. The summed E-state index contributed by atoms with van der Waals surface area (Å²) in [5.74, 6) is 0.998. The number of anilines is 1. The fourth-order valence-electron chi connectivity index (χ4n) is 2.93. The van der Waals surface area contributed by atoms with Gasteiger partial charge in [0.05, 0.1) is 33.7 Å². The van der Waals surface area contributed by atoms with Crippen LogP contribution in [0.3, 0.4) is 0 Å². The third-order valence-corrected chi connectivity index (χ3v) is 5.26. The zero-order chi connectivity index (χ0) is 24.0. The second-order valence-electron chi connectivity index (χ2n) is 6.83. The van der Waals surface area contributed by atoms with Crippen molar-refractivity contribution in [3.63, 3.8) is 0 Å². The van der Waals surface area contributed by atoms with Gasteiger partial charge in [0.1, 0.15) is 12.3 Å². The second-order valence-corrected chi connectivity index (χ2v) is 7.69. The SMILES string of the molecule is COc1cc(/C=N\Nc2ccc([N+](=O)[O-])cc2[N+](=O)[O-])cc(Br)c1OCc1ccccc1C. The van der Waals surface area contributed by atoms with E-state index in [1.807, 2.05) is 31.2 Å². The zero-order valence-electron chi connectivity index (χ0n) is 17.6. The van der Waals surface area contributed by atoms with Crippen LogP contribution in [0.2, 0.25) is 0 Å². The molecule has 0 aromatic heterocycles. The van der Waals surface area contributed by atoms with Crippen molar-refractivity contribution in [3.8, 4) is 11.5 Å². The third-order valence-electron chi connectivity index (χ3n) is 4.67. The summed E-state index contributed by atoms with van der Waals surface area (Å²) in [5.41, 5.74) is 4.51. The van der Waals surface area contributed by atoms with Crippen molar-refractivity contribution in [2.75, 3.05) is 12.5 Å². The molecule has 0 spiro atoms. The predicted molar refractivity (Wildman–Crippen MR) is 127 cm³/mol. The highest BCUT2D eigenvalue weighted by Crippen LogP contribution is 2.37. The number of ether oxygens (including phenoxy) is 2. The predicted octanol–water partition coefficient (Wildman–Crippen LogP) is 5.61. The Balaban J connectivity index is 1.78. The molecule has 0 unspecified atom stereocenters. The quantitative estimate of drug-likeness (QED) is 0.223. The standard InChI is InChI=1S/C22H19BrN4O6/c1-14-5-3-4-6-16(14)13-33-22-18(23)9-15(10-21(22)32-2)12-24-25-19-8-7-17(26(28)29)11-20(19)27(30)31/h3-12,25H,13H2,1-2H3/b24-12-. The van der Waals surface area contributed by atoms with E-state index < -0.39 is 15.5 Å². The Morgan fingerprint density at radius 3 is 2.52 bits per heavy atom. The Hall–Kier alpha value is -3.99. The van der Waals surface area contributed by atoms with Gasteiger partial charge in [-0.2, -0.15) is 5.10 Å². The lowest BCUT2D eigenvalue weighted by molar-refractivity contribution is -0.393. The summed E-state index contributed by atoms with van der Waals surface area (Å²) in [6.07, 6.45) is 1.43. The average Bonchev–Trinajstić information content (AvgIpc) is 2.79. The minimum atomic E-state index is -0.717. The number of non-ortho nitro benzene ring substituents is 1. The van der Waals surface area contributed by atoms with Gasteiger partial charge in [0.2, 0.25) is 0 Å². The molecular formula is C22H19BrN4O6. The van der Waals surface area contributed by atoms with Crippen LogP contribution in [0.15, 0.2) is 64.2 Å². The third kappa shape index (κ3) is 5.83. The number of nitrogens with one attached hydrogen (secondary N) is 1. The summed E-state index contributed by atoms with van der Waals surface area (Å²) in [4.78, 5) is 20.7. The van der Waals surface area contributed by atoms with E-state index in [1.54, 1.807) is 12.1 Å². The van der Waals surface area contributed by atoms with Crippen molar-refractivity contribution in [2.45, 2.75) is 13.5 Å². The summed E-state index contributed by atoms with van der Waals surface area (Å²) in [5, 5.41) is 26.1. The highest BCUT2D eigenvalue weighted by molar-refractivity contribution is 9.10. The van der Waals surface area contributed by atoms with Gasteiger partial charge < -0.3 is 9.47 Å². The number of methoxy groups -OCH3 is 1. The lowest BCUT2D eigenvalue weighted by Crippen LogP contribution is -2.01. The number of nitro benzene ring substituents is 2. The molecule has 0 aliphatic carbocycles. The zero-order valence-corrected chi connectivity index (χ0v) is 19.2. The normalized spacial score (nSPS) is 10.8. The van der Waals surface area contributed by atoms with Crippen LogP contribution in [-0.4, -0.2) is 23.2 Å². The topological polar surface area (TPSA) is 129 Å². The van der Waals surface area contributed by atoms with Gasteiger partial charge in [0, 0.05) is 6.07 Å². The van der Waals surface area contributed by atoms with Crippen molar-refractivity contribution < 1.29 is 19.3 Å². The number of hydrogen-bond acceptors (Lipinski definition) is 8. The number of rotatable bonds is 9. The maximum Gasteiger partial charge on any atom is 0.301 e.